The van der Waals surface area contributed by atoms with Crippen LogP contribution in [-0.2, 0) is 5.54 Å². The van der Waals surface area contributed by atoms with Gasteiger partial charge in [0.25, 0.3) is 0 Å². The standard InChI is InChI=1S/C13H18ClNO/c1-9-7-10(14)8-11(12(9)16-3)13(2)5-4-6-15-13/h7-8,15H,4-6H2,1-3H3. The van der Waals surface area contributed by atoms with Gasteiger partial charge in [0.2, 0.25) is 0 Å². The molecule has 88 valence electrons. The van der Waals surface area contributed by atoms with Gasteiger partial charge in [-0.05, 0) is 50.9 Å². The van der Waals surface area contributed by atoms with Crippen molar-refractivity contribution in [2.75, 3.05) is 13.7 Å². The van der Waals surface area contributed by atoms with E-state index in [0.29, 0.717) is 0 Å². The summed E-state index contributed by atoms with van der Waals surface area (Å²) in [6, 6.07) is 3.97. The quantitative estimate of drug-likeness (QED) is 0.856. The molecule has 2 rings (SSSR count). The maximum absolute atomic E-state index is 6.14. The van der Waals surface area contributed by atoms with Gasteiger partial charge in [0, 0.05) is 16.1 Å². The zero-order valence-electron chi connectivity index (χ0n) is 10.1. The van der Waals surface area contributed by atoms with Crippen molar-refractivity contribution in [3.63, 3.8) is 0 Å². The summed E-state index contributed by atoms with van der Waals surface area (Å²) in [6.45, 7) is 5.31. The Morgan fingerprint density at radius 2 is 2.19 bits per heavy atom. The summed E-state index contributed by atoms with van der Waals surface area (Å²) in [4.78, 5) is 0. The lowest BCUT2D eigenvalue weighted by molar-refractivity contribution is 0.369. The van der Waals surface area contributed by atoms with Crippen LogP contribution >= 0.6 is 11.6 Å². The van der Waals surface area contributed by atoms with Gasteiger partial charge in [-0.15, -0.1) is 0 Å². The molecule has 1 aromatic rings. The van der Waals surface area contributed by atoms with Crippen molar-refractivity contribution in [1.82, 2.24) is 5.32 Å². The van der Waals surface area contributed by atoms with Crippen molar-refractivity contribution in [2.24, 2.45) is 0 Å². The van der Waals surface area contributed by atoms with E-state index in [1.54, 1.807) is 7.11 Å². The first kappa shape index (κ1) is 11.7. The van der Waals surface area contributed by atoms with Crippen LogP contribution in [-0.4, -0.2) is 13.7 Å². The number of rotatable bonds is 2. The lowest BCUT2D eigenvalue weighted by atomic mass is 9.88. The third-order valence-corrected chi connectivity index (χ3v) is 3.62. The van der Waals surface area contributed by atoms with Crippen molar-refractivity contribution in [3.8, 4) is 5.75 Å². The Hall–Kier alpha value is -0.730. The minimum absolute atomic E-state index is 0.000995. The number of ether oxygens (including phenoxy) is 1. The molecule has 1 N–H and O–H groups in total. The van der Waals surface area contributed by atoms with E-state index in [1.807, 2.05) is 19.1 Å². The molecule has 1 aromatic carbocycles. The first-order chi connectivity index (χ1) is 7.57. The van der Waals surface area contributed by atoms with E-state index in [2.05, 4.69) is 12.2 Å². The maximum Gasteiger partial charge on any atom is 0.126 e. The van der Waals surface area contributed by atoms with E-state index >= 15 is 0 Å². The molecule has 2 nitrogen and oxygen atoms in total. The second-order valence-corrected chi connectivity index (χ2v) is 5.10. The predicted molar refractivity (Wildman–Crippen MR) is 67.3 cm³/mol. The van der Waals surface area contributed by atoms with Gasteiger partial charge in [0.05, 0.1) is 7.11 Å². The fourth-order valence-electron chi connectivity index (χ4n) is 2.54. The molecule has 1 atom stereocenters. The molecule has 0 aliphatic carbocycles. The Kier molecular flexibility index (Phi) is 3.13. The summed E-state index contributed by atoms with van der Waals surface area (Å²) in [5.74, 6) is 0.960. The molecule has 0 spiro atoms. The van der Waals surface area contributed by atoms with E-state index in [0.717, 1.165) is 29.3 Å². The smallest absolute Gasteiger partial charge is 0.126 e. The predicted octanol–water partition coefficient (Wildman–Crippen LogP) is 3.26. The highest BCUT2D eigenvalue weighted by Crippen LogP contribution is 2.39. The molecule has 0 amide bonds. The Bertz CT molecular complexity index is 397. The SMILES string of the molecule is COc1c(C)cc(Cl)cc1C1(C)CCCN1. The minimum atomic E-state index is 0.000995. The van der Waals surface area contributed by atoms with Crippen LogP contribution < -0.4 is 10.1 Å². The summed E-state index contributed by atoms with van der Waals surface area (Å²) < 4.78 is 5.51. The fourth-order valence-corrected chi connectivity index (χ4v) is 2.81. The Labute approximate surface area is 102 Å². The van der Waals surface area contributed by atoms with Gasteiger partial charge in [0.15, 0.2) is 0 Å². The van der Waals surface area contributed by atoms with Crippen LogP contribution in [0.25, 0.3) is 0 Å². The highest BCUT2D eigenvalue weighted by molar-refractivity contribution is 6.30. The number of hydrogen-bond acceptors (Lipinski definition) is 2. The molecule has 1 aliphatic rings. The lowest BCUT2D eigenvalue weighted by Gasteiger charge is -2.28. The van der Waals surface area contributed by atoms with Gasteiger partial charge in [-0.1, -0.05) is 11.6 Å². The molecular weight excluding hydrogens is 222 g/mol. The van der Waals surface area contributed by atoms with Crippen LogP contribution in [0.2, 0.25) is 5.02 Å². The van der Waals surface area contributed by atoms with Crippen molar-refractivity contribution >= 4 is 11.6 Å². The van der Waals surface area contributed by atoms with E-state index in [9.17, 15) is 0 Å². The molecule has 16 heavy (non-hydrogen) atoms. The number of halogens is 1. The average molecular weight is 240 g/mol. The Morgan fingerprint density at radius 1 is 1.44 bits per heavy atom. The molecule has 3 heteroatoms. The van der Waals surface area contributed by atoms with Crippen molar-refractivity contribution in [2.45, 2.75) is 32.2 Å². The Morgan fingerprint density at radius 3 is 2.75 bits per heavy atom. The molecule has 0 bridgehead atoms. The number of hydrogen-bond donors (Lipinski definition) is 1. The van der Waals surface area contributed by atoms with E-state index in [4.69, 9.17) is 16.3 Å². The van der Waals surface area contributed by atoms with Crippen LogP contribution in [0.3, 0.4) is 0 Å². The third-order valence-electron chi connectivity index (χ3n) is 3.41. The van der Waals surface area contributed by atoms with Gasteiger partial charge in [-0.3, -0.25) is 0 Å². The highest BCUT2D eigenvalue weighted by atomic mass is 35.5. The topological polar surface area (TPSA) is 21.3 Å². The number of benzene rings is 1. The summed E-state index contributed by atoms with van der Waals surface area (Å²) in [5.41, 5.74) is 2.28. The van der Waals surface area contributed by atoms with E-state index in [-0.39, 0.29) is 5.54 Å². The van der Waals surface area contributed by atoms with Crippen LogP contribution in [0, 0.1) is 6.92 Å². The molecule has 1 fully saturated rings. The summed E-state index contributed by atoms with van der Waals surface area (Å²) in [5, 5.41) is 4.32. The van der Waals surface area contributed by atoms with Crippen molar-refractivity contribution < 1.29 is 4.74 Å². The molecule has 0 aromatic heterocycles. The minimum Gasteiger partial charge on any atom is -0.496 e. The number of methoxy groups -OCH3 is 1. The van der Waals surface area contributed by atoms with Crippen LogP contribution in [0.5, 0.6) is 5.75 Å². The average Bonchev–Trinajstić information content (AvgIpc) is 2.65. The van der Waals surface area contributed by atoms with E-state index < -0.39 is 0 Å². The van der Waals surface area contributed by atoms with Crippen LogP contribution in [0.1, 0.15) is 30.9 Å². The molecular formula is C13H18ClNO. The van der Waals surface area contributed by atoms with Gasteiger partial charge >= 0.3 is 0 Å². The number of aryl methyl sites for hydroxylation is 1. The summed E-state index contributed by atoms with van der Waals surface area (Å²) in [6.07, 6.45) is 2.33. The number of nitrogens with one attached hydrogen (secondary N) is 1. The highest BCUT2D eigenvalue weighted by Gasteiger charge is 2.33. The first-order valence-corrected chi connectivity index (χ1v) is 6.04. The van der Waals surface area contributed by atoms with Gasteiger partial charge in [0.1, 0.15) is 5.75 Å². The normalized spacial score (nSPS) is 24.8. The van der Waals surface area contributed by atoms with Crippen molar-refractivity contribution in [1.29, 1.82) is 0 Å². The van der Waals surface area contributed by atoms with Crippen LogP contribution in [0.4, 0.5) is 0 Å². The van der Waals surface area contributed by atoms with Gasteiger partial charge < -0.3 is 10.1 Å². The zero-order valence-corrected chi connectivity index (χ0v) is 10.8. The maximum atomic E-state index is 6.14. The van der Waals surface area contributed by atoms with Crippen LogP contribution in [0.15, 0.2) is 12.1 Å². The van der Waals surface area contributed by atoms with Gasteiger partial charge in [-0.2, -0.15) is 0 Å². The molecule has 1 unspecified atom stereocenters. The van der Waals surface area contributed by atoms with Gasteiger partial charge in [-0.25, -0.2) is 0 Å². The molecule has 0 radical (unpaired) electrons. The fraction of sp³-hybridized carbons (Fsp3) is 0.538. The molecule has 1 aliphatic heterocycles. The second kappa shape index (κ2) is 4.27. The second-order valence-electron chi connectivity index (χ2n) is 4.67. The molecule has 1 heterocycles. The van der Waals surface area contributed by atoms with E-state index in [1.165, 1.54) is 12.0 Å². The summed E-state index contributed by atoms with van der Waals surface area (Å²) >= 11 is 6.14. The first-order valence-electron chi connectivity index (χ1n) is 5.66. The van der Waals surface area contributed by atoms with Crippen molar-refractivity contribution in [3.05, 3.63) is 28.3 Å². The molecule has 0 saturated carbocycles. The summed E-state index contributed by atoms with van der Waals surface area (Å²) in [7, 11) is 1.72. The zero-order chi connectivity index (χ0) is 11.8. The Balaban J connectivity index is 2.53. The third kappa shape index (κ3) is 1.92. The monoisotopic (exact) mass is 239 g/mol. The molecule has 1 saturated heterocycles. The lowest BCUT2D eigenvalue weighted by Crippen LogP contribution is -2.33. The largest absolute Gasteiger partial charge is 0.496 e.